The van der Waals surface area contributed by atoms with Crippen LogP contribution in [0, 0.1) is 5.82 Å². The van der Waals surface area contributed by atoms with Crippen LogP contribution in [-0.4, -0.2) is 9.55 Å². The maximum Gasteiger partial charge on any atom is 0.141 e. The molecule has 3 heteroatoms. The highest BCUT2D eigenvalue weighted by atomic mass is 19.1. The summed E-state index contributed by atoms with van der Waals surface area (Å²) in [7, 11) is 0. The number of aryl methyl sites for hydroxylation is 2. The minimum atomic E-state index is -0.230. The van der Waals surface area contributed by atoms with Gasteiger partial charge in [-0.1, -0.05) is 24.3 Å². The van der Waals surface area contributed by atoms with E-state index in [-0.39, 0.29) is 5.82 Å². The van der Waals surface area contributed by atoms with Crippen LogP contribution >= 0.6 is 0 Å². The Hall–Kier alpha value is -2.16. The van der Waals surface area contributed by atoms with Gasteiger partial charge in [-0.15, -0.1) is 0 Å². The van der Waals surface area contributed by atoms with E-state index in [1.807, 2.05) is 12.1 Å². The minimum absolute atomic E-state index is 0.230. The third kappa shape index (κ3) is 1.24. The number of rotatable bonds is 0. The van der Waals surface area contributed by atoms with E-state index in [2.05, 4.69) is 27.8 Å². The molecule has 1 aliphatic heterocycles. The molecule has 0 bridgehead atoms. The average Bonchev–Trinajstić information content (AvgIpc) is 2.76. The molecule has 0 amide bonds. The molecule has 88 valence electrons. The van der Waals surface area contributed by atoms with Gasteiger partial charge in [-0.2, -0.15) is 0 Å². The molecule has 18 heavy (non-hydrogen) atoms. The molecule has 4 rings (SSSR count). The van der Waals surface area contributed by atoms with E-state index >= 15 is 0 Å². The highest BCUT2D eigenvalue weighted by molar-refractivity contribution is 5.82. The molecule has 0 N–H and O–H groups in total. The summed E-state index contributed by atoms with van der Waals surface area (Å²) in [4.78, 5) is 4.58. The summed E-state index contributed by atoms with van der Waals surface area (Å²) in [6.45, 7) is 0.911. The number of hydrogen-bond acceptors (Lipinski definition) is 1. The van der Waals surface area contributed by atoms with E-state index in [1.54, 1.807) is 0 Å². The van der Waals surface area contributed by atoms with Crippen LogP contribution in [0.2, 0.25) is 0 Å². The molecule has 0 atom stereocenters. The molecule has 2 heterocycles. The Labute approximate surface area is 104 Å². The van der Waals surface area contributed by atoms with Crippen molar-refractivity contribution < 1.29 is 4.39 Å². The van der Waals surface area contributed by atoms with Crippen molar-refractivity contribution in [1.29, 1.82) is 0 Å². The van der Waals surface area contributed by atoms with Crippen LogP contribution in [0.15, 0.2) is 42.5 Å². The number of aromatic nitrogens is 2. The molecule has 1 aromatic heterocycles. The average molecular weight is 238 g/mol. The number of hydrogen-bond donors (Lipinski definition) is 0. The van der Waals surface area contributed by atoms with Gasteiger partial charge in [0.1, 0.15) is 11.6 Å². The quantitative estimate of drug-likeness (QED) is 0.587. The van der Waals surface area contributed by atoms with E-state index in [0.717, 1.165) is 29.8 Å². The van der Waals surface area contributed by atoms with Gasteiger partial charge in [0.15, 0.2) is 0 Å². The molecular weight excluding hydrogens is 227 g/mol. The summed E-state index contributed by atoms with van der Waals surface area (Å²) in [5.74, 6) is 0.726. The second-order valence-electron chi connectivity index (χ2n) is 4.63. The molecular formula is C15H11FN2. The van der Waals surface area contributed by atoms with Gasteiger partial charge in [-0.25, -0.2) is 9.37 Å². The first-order valence-electron chi connectivity index (χ1n) is 6.07. The fourth-order valence-electron chi connectivity index (χ4n) is 2.72. The largest absolute Gasteiger partial charge is 0.324 e. The molecule has 0 saturated heterocycles. The van der Waals surface area contributed by atoms with Crippen LogP contribution in [0.1, 0.15) is 5.56 Å². The lowest BCUT2D eigenvalue weighted by atomic mass is 10.0. The lowest BCUT2D eigenvalue weighted by Crippen LogP contribution is -2.10. The zero-order valence-electron chi connectivity index (χ0n) is 9.73. The van der Waals surface area contributed by atoms with Crippen molar-refractivity contribution in [1.82, 2.24) is 9.55 Å². The molecule has 0 fully saturated rings. The number of benzene rings is 2. The second-order valence-corrected chi connectivity index (χ2v) is 4.63. The summed E-state index contributed by atoms with van der Waals surface area (Å²) in [6, 6.07) is 13.1. The van der Waals surface area contributed by atoms with Gasteiger partial charge in [0.2, 0.25) is 0 Å². The summed E-state index contributed by atoms with van der Waals surface area (Å²) in [6.07, 6.45) is 1.01. The molecule has 1 aliphatic rings. The summed E-state index contributed by atoms with van der Waals surface area (Å²) < 4.78 is 15.4. The van der Waals surface area contributed by atoms with Gasteiger partial charge in [0.05, 0.1) is 11.0 Å². The second kappa shape index (κ2) is 3.42. The highest BCUT2D eigenvalue weighted by Crippen LogP contribution is 2.32. The first-order chi connectivity index (χ1) is 8.83. The monoisotopic (exact) mass is 238 g/mol. The third-order valence-corrected chi connectivity index (χ3v) is 3.57. The standard InChI is InChI=1S/C15H11FN2/c16-11-5-6-14-13(9-11)17-15-12-4-2-1-3-10(12)7-8-18(14)15/h1-6,9H,7-8H2. The van der Waals surface area contributed by atoms with Crippen molar-refractivity contribution in [3.05, 3.63) is 53.8 Å². The normalized spacial score (nSPS) is 13.4. The van der Waals surface area contributed by atoms with Crippen molar-refractivity contribution in [2.24, 2.45) is 0 Å². The molecule has 0 saturated carbocycles. The van der Waals surface area contributed by atoms with Crippen molar-refractivity contribution in [3.63, 3.8) is 0 Å². The van der Waals surface area contributed by atoms with Crippen LogP contribution in [0.5, 0.6) is 0 Å². The predicted octanol–water partition coefficient (Wildman–Crippen LogP) is 3.40. The van der Waals surface area contributed by atoms with Crippen LogP contribution in [0.4, 0.5) is 4.39 Å². The zero-order valence-corrected chi connectivity index (χ0v) is 9.73. The van der Waals surface area contributed by atoms with Gasteiger partial charge in [0.25, 0.3) is 0 Å². The van der Waals surface area contributed by atoms with Gasteiger partial charge >= 0.3 is 0 Å². The first-order valence-corrected chi connectivity index (χ1v) is 6.07. The maximum absolute atomic E-state index is 13.2. The van der Waals surface area contributed by atoms with Crippen LogP contribution in [0.3, 0.4) is 0 Å². The maximum atomic E-state index is 13.2. The Kier molecular flexibility index (Phi) is 1.87. The molecule has 2 nitrogen and oxygen atoms in total. The lowest BCUT2D eigenvalue weighted by molar-refractivity contribution is 0.629. The molecule has 0 radical (unpaired) electrons. The summed E-state index contributed by atoms with van der Waals surface area (Å²) in [5.41, 5.74) is 4.24. The highest BCUT2D eigenvalue weighted by Gasteiger charge is 2.19. The molecule has 0 unspecified atom stereocenters. The van der Waals surface area contributed by atoms with E-state index < -0.39 is 0 Å². The van der Waals surface area contributed by atoms with E-state index in [1.165, 1.54) is 23.3 Å². The van der Waals surface area contributed by atoms with Gasteiger partial charge in [-0.3, -0.25) is 0 Å². The van der Waals surface area contributed by atoms with Gasteiger partial charge < -0.3 is 4.57 Å². The number of imidazole rings is 1. The smallest absolute Gasteiger partial charge is 0.141 e. The Bertz CT molecular complexity index is 758. The van der Waals surface area contributed by atoms with Crippen LogP contribution in [0.25, 0.3) is 22.4 Å². The predicted molar refractivity (Wildman–Crippen MR) is 68.8 cm³/mol. The Morgan fingerprint density at radius 3 is 2.94 bits per heavy atom. The number of nitrogens with zero attached hydrogens (tertiary/aromatic N) is 2. The molecule has 0 spiro atoms. The van der Waals surface area contributed by atoms with Gasteiger partial charge in [-0.05, 0) is 24.1 Å². The van der Waals surface area contributed by atoms with Crippen molar-refractivity contribution in [3.8, 4) is 11.4 Å². The molecule has 3 aromatic rings. The Balaban J connectivity index is 2.08. The van der Waals surface area contributed by atoms with E-state index in [0.29, 0.717) is 0 Å². The third-order valence-electron chi connectivity index (χ3n) is 3.57. The number of fused-ring (bicyclic) bond motifs is 5. The SMILES string of the molecule is Fc1ccc2c(c1)nc1n2CCc2ccccc2-1. The first kappa shape index (κ1) is 9.83. The Morgan fingerprint density at radius 2 is 2.00 bits per heavy atom. The lowest BCUT2D eigenvalue weighted by Gasteiger charge is -2.18. The van der Waals surface area contributed by atoms with Crippen molar-refractivity contribution in [2.75, 3.05) is 0 Å². The molecule has 0 aliphatic carbocycles. The van der Waals surface area contributed by atoms with E-state index in [9.17, 15) is 4.39 Å². The summed E-state index contributed by atoms with van der Waals surface area (Å²) >= 11 is 0. The topological polar surface area (TPSA) is 17.8 Å². The Morgan fingerprint density at radius 1 is 1.11 bits per heavy atom. The van der Waals surface area contributed by atoms with E-state index in [4.69, 9.17) is 0 Å². The fourth-order valence-corrected chi connectivity index (χ4v) is 2.72. The fraction of sp³-hybridized carbons (Fsp3) is 0.133. The minimum Gasteiger partial charge on any atom is -0.324 e. The van der Waals surface area contributed by atoms with Crippen molar-refractivity contribution in [2.45, 2.75) is 13.0 Å². The molecule has 2 aromatic carbocycles. The zero-order chi connectivity index (χ0) is 12.1. The number of halogens is 1. The summed E-state index contributed by atoms with van der Waals surface area (Å²) in [5, 5.41) is 0. The van der Waals surface area contributed by atoms with Gasteiger partial charge in [0, 0.05) is 18.2 Å². The van der Waals surface area contributed by atoms with Crippen LogP contribution < -0.4 is 0 Å². The van der Waals surface area contributed by atoms with Crippen LogP contribution in [-0.2, 0) is 13.0 Å². The van der Waals surface area contributed by atoms with Crippen molar-refractivity contribution >= 4 is 11.0 Å².